The lowest BCUT2D eigenvalue weighted by Crippen LogP contribution is -2.57. The van der Waals surface area contributed by atoms with Gasteiger partial charge >= 0.3 is 5.97 Å². The first kappa shape index (κ1) is 31.2. The largest absolute Gasteiger partial charge is 0.480 e. The van der Waals surface area contributed by atoms with Gasteiger partial charge in [0, 0.05) is 0 Å². The van der Waals surface area contributed by atoms with Gasteiger partial charge < -0.3 is 26.8 Å². The highest BCUT2D eigenvalue weighted by Gasteiger charge is 2.31. The summed E-state index contributed by atoms with van der Waals surface area (Å²) in [6.45, 7) is 11.6. The van der Waals surface area contributed by atoms with E-state index in [4.69, 9.17) is 5.73 Å². The normalized spacial score (nSPS) is 15.1. The third-order valence-corrected chi connectivity index (χ3v) is 5.61. The van der Waals surface area contributed by atoms with E-state index in [0.717, 1.165) is 0 Å². The first-order chi connectivity index (χ1) is 15.3. The Bertz CT molecular complexity index is 642. The summed E-state index contributed by atoms with van der Waals surface area (Å²) >= 11 is 1.49. The molecule has 10 heteroatoms. The van der Waals surface area contributed by atoms with E-state index in [1.807, 2.05) is 47.8 Å². The number of hydrogen-bond donors (Lipinski definition) is 5. The Hall–Kier alpha value is -1.81. The number of hydrogen-bond acceptors (Lipinski definition) is 6. The Balaban J connectivity index is 5.46. The van der Waals surface area contributed by atoms with Crippen LogP contribution in [0.3, 0.4) is 0 Å². The second-order valence-electron chi connectivity index (χ2n) is 9.80. The molecule has 33 heavy (non-hydrogen) atoms. The Kier molecular flexibility index (Phi) is 15.1. The van der Waals surface area contributed by atoms with Gasteiger partial charge in [-0.2, -0.15) is 11.8 Å². The molecule has 0 aromatic rings. The van der Waals surface area contributed by atoms with Crippen molar-refractivity contribution in [2.45, 2.75) is 91.4 Å². The highest BCUT2D eigenvalue weighted by molar-refractivity contribution is 7.98. The van der Waals surface area contributed by atoms with Crippen molar-refractivity contribution in [2.75, 3.05) is 12.0 Å². The van der Waals surface area contributed by atoms with Crippen LogP contribution in [0.25, 0.3) is 0 Å². The van der Waals surface area contributed by atoms with E-state index < -0.39 is 47.9 Å². The van der Waals surface area contributed by atoms with Crippen LogP contribution in [0.2, 0.25) is 0 Å². The van der Waals surface area contributed by atoms with Crippen molar-refractivity contribution in [1.29, 1.82) is 0 Å². The fourth-order valence-electron chi connectivity index (χ4n) is 3.34. The predicted octanol–water partition coefficient (Wildman–Crippen LogP) is 1.74. The number of carboxylic acids is 1. The fourth-order valence-corrected chi connectivity index (χ4v) is 3.81. The van der Waals surface area contributed by atoms with Crippen LogP contribution in [-0.4, -0.2) is 65.0 Å². The Morgan fingerprint density at radius 2 is 1.12 bits per heavy atom. The first-order valence-electron chi connectivity index (χ1n) is 11.7. The molecule has 0 radical (unpaired) electrons. The van der Waals surface area contributed by atoms with Gasteiger partial charge in [0.05, 0.1) is 6.04 Å². The van der Waals surface area contributed by atoms with Crippen LogP contribution < -0.4 is 21.7 Å². The summed E-state index contributed by atoms with van der Waals surface area (Å²) in [7, 11) is 0. The van der Waals surface area contributed by atoms with Gasteiger partial charge in [0.15, 0.2) is 0 Å². The highest BCUT2D eigenvalue weighted by atomic mass is 32.2. The number of nitrogens with one attached hydrogen (secondary N) is 3. The molecule has 0 heterocycles. The second-order valence-corrected chi connectivity index (χ2v) is 10.8. The number of rotatable bonds is 16. The van der Waals surface area contributed by atoms with Crippen LogP contribution in [0.15, 0.2) is 0 Å². The van der Waals surface area contributed by atoms with Gasteiger partial charge in [-0.3, -0.25) is 14.4 Å². The Morgan fingerprint density at radius 3 is 1.48 bits per heavy atom. The van der Waals surface area contributed by atoms with Crippen molar-refractivity contribution >= 4 is 35.5 Å². The molecule has 0 aliphatic heterocycles. The molecule has 0 aliphatic rings. The zero-order valence-electron chi connectivity index (χ0n) is 21.1. The first-order valence-corrected chi connectivity index (χ1v) is 13.1. The van der Waals surface area contributed by atoms with Gasteiger partial charge in [-0.05, 0) is 55.4 Å². The third-order valence-electron chi connectivity index (χ3n) is 4.97. The number of carbonyl (C=O) groups is 4. The molecule has 0 aromatic heterocycles. The zero-order chi connectivity index (χ0) is 25.7. The monoisotopic (exact) mass is 488 g/mol. The van der Waals surface area contributed by atoms with E-state index in [9.17, 15) is 24.3 Å². The molecule has 0 spiro atoms. The SMILES string of the molecule is CSCCC(NC(=O)C(CC(C)C)NC(=O)C(CC(C)C)NC(=O)C(N)CC(C)C)C(=O)O. The lowest BCUT2D eigenvalue weighted by molar-refractivity contribution is -0.142. The van der Waals surface area contributed by atoms with Gasteiger partial charge in [0.2, 0.25) is 17.7 Å². The predicted molar refractivity (Wildman–Crippen MR) is 133 cm³/mol. The van der Waals surface area contributed by atoms with Crippen molar-refractivity contribution in [3.05, 3.63) is 0 Å². The average Bonchev–Trinajstić information content (AvgIpc) is 2.68. The molecule has 0 fully saturated rings. The lowest BCUT2D eigenvalue weighted by Gasteiger charge is -2.27. The quantitative estimate of drug-likeness (QED) is 0.222. The van der Waals surface area contributed by atoms with E-state index in [-0.39, 0.29) is 24.2 Å². The number of aliphatic carboxylic acids is 1. The van der Waals surface area contributed by atoms with Crippen LogP contribution in [-0.2, 0) is 19.2 Å². The molecule has 9 nitrogen and oxygen atoms in total. The van der Waals surface area contributed by atoms with Crippen LogP contribution >= 0.6 is 11.8 Å². The summed E-state index contributed by atoms with van der Waals surface area (Å²) in [4.78, 5) is 50.0. The van der Waals surface area contributed by atoms with E-state index in [2.05, 4.69) is 16.0 Å². The molecule has 192 valence electrons. The fraction of sp³-hybridized carbons (Fsp3) is 0.826. The van der Waals surface area contributed by atoms with Crippen LogP contribution in [0.1, 0.15) is 67.2 Å². The van der Waals surface area contributed by atoms with Gasteiger partial charge in [-0.1, -0.05) is 41.5 Å². The van der Waals surface area contributed by atoms with E-state index >= 15 is 0 Å². The zero-order valence-corrected chi connectivity index (χ0v) is 22.0. The minimum atomic E-state index is -1.11. The van der Waals surface area contributed by atoms with Crippen molar-refractivity contribution < 1.29 is 24.3 Å². The molecule has 0 bridgehead atoms. The average molecular weight is 489 g/mol. The van der Waals surface area contributed by atoms with E-state index in [1.54, 1.807) is 0 Å². The van der Waals surface area contributed by atoms with Crippen LogP contribution in [0.5, 0.6) is 0 Å². The molecule has 0 aliphatic carbocycles. The summed E-state index contributed by atoms with van der Waals surface area (Å²) in [5.74, 6) is -1.54. The lowest BCUT2D eigenvalue weighted by atomic mass is 9.99. The maximum Gasteiger partial charge on any atom is 0.326 e. The molecule has 4 unspecified atom stereocenters. The van der Waals surface area contributed by atoms with Crippen molar-refractivity contribution in [1.82, 2.24) is 16.0 Å². The molecule has 6 N–H and O–H groups in total. The number of nitrogens with two attached hydrogens (primary N) is 1. The van der Waals surface area contributed by atoms with Crippen LogP contribution in [0, 0.1) is 17.8 Å². The summed E-state index contributed by atoms with van der Waals surface area (Å²) in [5, 5.41) is 17.4. The molecule has 0 saturated carbocycles. The van der Waals surface area contributed by atoms with Gasteiger partial charge in [0.1, 0.15) is 18.1 Å². The minimum absolute atomic E-state index is 0.0770. The summed E-state index contributed by atoms with van der Waals surface area (Å²) in [6, 6.07) is -3.51. The van der Waals surface area contributed by atoms with E-state index in [0.29, 0.717) is 25.0 Å². The van der Waals surface area contributed by atoms with Crippen molar-refractivity contribution in [2.24, 2.45) is 23.5 Å². The van der Waals surface area contributed by atoms with Crippen LogP contribution in [0.4, 0.5) is 0 Å². The minimum Gasteiger partial charge on any atom is -0.480 e. The summed E-state index contributed by atoms with van der Waals surface area (Å²) in [5.41, 5.74) is 5.97. The maximum absolute atomic E-state index is 13.1. The molecular weight excluding hydrogens is 444 g/mol. The molecular formula is C23H44N4O5S. The number of amides is 3. The maximum atomic E-state index is 13.1. The van der Waals surface area contributed by atoms with Crippen molar-refractivity contribution in [3.8, 4) is 0 Å². The molecule has 3 amide bonds. The smallest absolute Gasteiger partial charge is 0.326 e. The van der Waals surface area contributed by atoms with E-state index in [1.165, 1.54) is 11.8 Å². The van der Waals surface area contributed by atoms with Crippen molar-refractivity contribution in [3.63, 3.8) is 0 Å². The van der Waals surface area contributed by atoms with Gasteiger partial charge in [-0.15, -0.1) is 0 Å². The topological polar surface area (TPSA) is 151 Å². The summed E-state index contributed by atoms with van der Waals surface area (Å²) < 4.78 is 0. The number of carboxylic acid groups (broad SMARTS) is 1. The molecule has 4 atom stereocenters. The molecule has 0 rings (SSSR count). The third kappa shape index (κ3) is 13.5. The van der Waals surface area contributed by atoms with Gasteiger partial charge in [-0.25, -0.2) is 4.79 Å². The second kappa shape index (κ2) is 15.9. The molecule has 0 saturated heterocycles. The Labute approximate surface area is 202 Å². The summed E-state index contributed by atoms with van der Waals surface area (Å²) in [6.07, 6.45) is 3.35. The standard InChI is InChI=1S/C23H44N4O5S/c1-13(2)10-16(24)20(28)26-18(11-14(3)4)22(30)27-19(12-15(5)6)21(29)25-17(23(31)32)8-9-33-7/h13-19H,8-12,24H2,1-7H3,(H,25,29)(H,26,28)(H,27,30)(H,31,32). The number of thioether (sulfide) groups is 1. The molecule has 0 aromatic carbocycles. The Morgan fingerprint density at radius 1 is 0.727 bits per heavy atom. The highest BCUT2D eigenvalue weighted by Crippen LogP contribution is 2.11. The van der Waals surface area contributed by atoms with Gasteiger partial charge in [0.25, 0.3) is 0 Å². The number of carbonyl (C=O) groups excluding carboxylic acids is 3.